The van der Waals surface area contributed by atoms with Gasteiger partial charge in [0.05, 0.1) is 0 Å². The predicted octanol–water partition coefficient (Wildman–Crippen LogP) is 5.02. The van der Waals surface area contributed by atoms with Gasteiger partial charge in [-0.1, -0.05) is 54.6 Å². The van der Waals surface area contributed by atoms with Gasteiger partial charge in [0.1, 0.15) is 17.2 Å². The van der Waals surface area contributed by atoms with Gasteiger partial charge in [0.15, 0.2) is 6.26 Å². The number of ether oxygens (including phenoxy) is 3. The molecular formula is C20H16O3. The minimum Gasteiger partial charge on any atom is -0.458 e. The van der Waals surface area contributed by atoms with Crippen LogP contribution in [0.15, 0.2) is 103 Å². The summed E-state index contributed by atoms with van der Waals surface area (Å²) in [5.41, 5.74) is 0. The highest BCUT2D eigenvalue weighted by molar-refractivity contribution is 5.26. The first-order valence-corrected chi connectivity index (χ1v) is 7.28. The van der Waals surface area contributed by atoms with Crippen LogP contribution in [0.1, 0.15) is 0 Å². The monoisotopic (exact) mass is 304 g/mol. The summed E-state index contributed by atoms with van der Waals surface area (Å²) < 4.78 is 17.1. The van der Waals surface area contributed by atoms with Gasteiger partial charge in [0, 0.05) is 0 Å². The van der Waals surface area contributed by atoms with Crippen LogP contribution in [0.2, 0.25) is 0 Å². The lowest BCUT2D eigenvalue weighted by Crippen LogP contribution is -2.05. The molecule has 114 valence electrons. The Morgan fingerprint density at radius 1 is 0.522 bits per heavy atom. The molecule has 3 nitrogen and oxygen atoms in total. The molecule has 0 atom stereocenters. The molecule has 0 amide bonds. The SMILES string of the molecule is C(Oc1ccccc1)=C(Oc1ccccc1)Oc1ccccc1. The Labute approximate surface area is 135 Å². The fraction of sp³-hybridized carbons (Fsp3) is 0. The van der Waals surface area contributed by atoms with Crippen molar-refractivity contribution in [1.29, 1.82) is 0 Å². The molecule has 0 aliphatic heterocycles. The van der Waals surface area contributed by atoms with E-state index in [1.54, 1.807) is 0 Å². The molecule has 3 heteroatoms. The first-order valence-electron chi connectivity index (χ1n) is 7.28. The van der Waals surface area contributed by atoms with Crippen LogP contribution >= 0.6 is 0 Å². The van der Waals surface area contributed by atoms with Crippen molar-refractivity contribution in [3.8, 4) is 17.2 Å². The average Bonchev–Trinajstić information content (AvgIpc) is 2.62. The summed E-state index contributed by atoms with van der Waals surface area (Å²) in [6.07, 6.45) is 1.45. The summed E-state index contributed by atoms with van der Waals surface area (Å²) in [5.74, 6) is 2.31. The van der Waals surface area contributed by atoms with Crippen molar-refractivity contribution in [2.45, 2.75) is 0 Å². The third-order valence-corrected chi connectivity index (χ3v) is 2.96. The van der Waals surface area contributed by atoms with Crippen molar-refractivity contribution < 1.29 is 14.2 Å². The molecule has 0 heterocycles. The first kappa shape index (κ1) is 14.7. The van der Waals surface area contributed by atoms with E-state index in [0.29, 0.717) is 17.2 Å². The van der Waals surface area contributed by atoms with E-state index in [-0.39, 0.29) is 5.95 Å². The zero-order valence-corrected chi connectivity index (χ0v) is 12.5. The summed E-state index contributed by atoms with van der Waals surface area (Å²) in [7, 11) is 0. The van der Waals surface area contributed by atoms with Gasteiger partial charge < -0.3 is 14.2 Å². The van der Waals surface area contributed by atoms with Crippen molar-refractivity contribution in [3.63, 3.8) is 0 Å². The number of para-hydroxylation sites is 3. The Morgan fingerprint density at radius 3 is 1.35 bits per heavy atom. The quantitative estimate of drug-likeness (QED) is 0.598. The Bertz CT molecular complexity index is 694. The maximum atomic E-state index is 5.75. The highest BCUT2D eigenvalue weighted by Gasteiger charge is 2.05. The second-order valence-corrected chi connectivity index (χ2v) is 4.70. The molecule has 0 aromatic heterocycles. The highest BCUT2D eigenvalue weighted by atomic mass is 16.7. The van der Waals surface area contributed by atoms with Crippen LogP contribution in [-0.2, 0) is 0 Å². The molecule has 3 rings (SSSR count). The number of benzene rings is 3. The lowest BCUT2D eigenvalue weighted by molar-refractivity contribution is 0.208. The van der Waals surface area contributed by atoms with Gasteiger partial charge in [0.2, 0.25) is 0 Å². The molecule has 3 aromatic carbocycles. The fourth-order valence-corrected chi connectivity index (χ4v) is 1.89. The molecule has 3 aromatic rings. The second kappa shape index (κ2) is 7.71. The minimum atomic E-state index is 0.256. The van der Waals surface area contributed by atoms with Crippen molar-refractivity contribution in [1.82, 2.24) is 0 Å². The Balaban J connectivity index is 1.77. The van der Waals surface area contributed by atoms with Crippen LogP contribution < -0.4 is 14.2 Å². The summed E-state index contributed by atoms with van der Waals surface area (Å²) in [4.78, 5) is 0. The van der Waals surface area contributed by atoms with Crippen LogP contribution in [0.25, 0.3) is 0 Å². The average molecular weight is 304 g/mol. The van der Waals surface area contributed by atoms with E-state index in [9.17, 15) is 0 Å². The third kappa shape index (κ3) is 4.64. The smallest absolute Gasteiger partial charge is 0.327 e. The van der Waals surface area contributed by atoms with E-state index < -0.39 is 0 Å². The van der Waals surface area contributed by atoms with Gasteiger partial charge in [-0.25, -0.2) is 0 Å². The zero-order chi connectivity index (χ0) is 15.7. The molecule has 0 spiro atoms. The van der Waals surface area contributed by atoms with Crippen LogP contribution in [0.5, 0.6) is 17.2 Å². The molecule has 0 fully saturated rings. The number of hydrogen-bond acceptors (Lipinski definition) is 3. The molecule has 0 N–H and O–H groups in total. The largest absolute Gasteiger partial charge is 0.458 e. The summed E-state index contributed by atoms with van der Waals surface area (Å²) in [5, 5.41) is 0. The Kier molecular flexibility index (Phi) is 4.93. The van der Waals surface area contributed by atoms with Gasteiger partial charge in [-0.3, -0.25) is 0 Å². The van der Waals surface area contributed by atoms with E-state index in [2.05, 4.69) is 0 Å². The molecule has 0 unspecified atom stereocenters. The van der Waals surface area contributed by atoms with Crippen molar-refractivity contribution in [3.05, 3.63) is 103 Å². The van der Waals surface area contributed by atoms with E-state index >= 15 is 0 Å². The van der Waals surface area contributed by atoms with E-state index in [1.165, 1.54) is 6.26 Å². The molecule has 0 saturated carbocycles. The predicted molar refractivity (Wildman–Crippen MR) is 89.3 cm³/mol. The van der Waals surface area contributed by atoms with Gasteiger partial charge in [0.25, 0.3) is 0 Å². The molecule has 0 saturated heterocycles. The Morgan fingerprint density at radius 2 is 0.913 bits per heavy atom. The van der Waals surface area contributed by atoms with Crippen molar-refractivity contribution in [2.75, 3.05) is 0 Å². The third-order valence-electron chi connectivity index (χ3n) is 2.96. The number of hydrogen-bond donors (Lipinski definition) is 0. The molecular weight excluding hydrogens is 288 g/mol. The van der Waals surface area contributed by atoms with E-state index in [0.717, 1.165) is 0 Å². The fourth-order valence-electron chi connectivity index (χ4n) is 1.89. The first-order chi connectivity index (χ1) is 11.4. The van der Waals surface area contributed by atoms with Crippen LogP contribution in [-0.4, -0.2) is 0 Å². The lowest BCUT2D eigenvalue weighted by Gasteiger charge is -2.11. The summed E-state index contributed by atoms with van der Waals surface area (Å²) in [6, 6.07) is 28.3. The molecule has 0 radical (unpaired) electrons. The summed E-state index contributed by atoms with van der Waals surface area (Å²) >= 11 is 0. The minimum absolute atomic E-state index is 0.256. The van der Waals surface area contributed by atoms with Gasteiger partial charge in [-0.15, -0.1) is 0 Å². The van der Waals surface area contributed by atoms with Gasteiger partial charge >= 0.3 is 5.95 Å². The molecule has 0 aliphatic carbocycles. The van der Waals surface area contributed by atoms with Gasteiger partial charge in [-0.05, 0) is 36.4 Å². The van der Waals surface area contributed by atoms with Gasteiger partial charge in [-0.2, -0.15) is 0 Å². The topological polar surface area (TPSA) is 27.7 Å². The molecule has 23 heavy (non-hydrogen) atoms. The lowest BCUT2D eigenvalue weighted by atomic mass is 10.3. The van der Waals surface area contributed by atoms with E-state index in [1.807, 2.05) is 91.0 Å². The van der Waals surface area contributed by atoms with Crippen molar-refractivity contribution >= 4 is 0 Å². The Hall–Kier alpha value is -3.20. The number of rotatable bonds is 6. The normalized spacial score (nSPS) is 9.74. The standard InChI is InChI=1S/C20H16O3/c1-4-10-17(11-5-1)21-16-20(22-18-12-6-2-7-13-18)23-19-14-8-3-9-15-19/h1-16H. The second-order valence-electron chi connectivity index (χ2n) is 4.70. The molecule has 0 aliphatic rings. The van der Waals surface area contributed by atoms with Crippen LogP contribution in [0, 0.1) is 0 Å². The zero-order valence-electron chi connectivity index (χ0n) is 12.5. The molecule has 0 bridgehead atoms. The van der Waals surface area contributed by atoms with E-state index in [4.69, 9.17) is 14.2 Å². The highest BCUT2D eigenvalue weighted by Crippen LogP contribution is 2.18. The van der Waals surface area contributed by atoms with Crippen LogP contribution in [0.3, 0.4) is 0 Å². The van der Waals surface area contributed by atoms with Crippen LogP contribution in [0.4, 0.5) is 0 Å². The maximum absolute atomic E-state index is 5.75. The van der Waals surface area contributed by atoms with Crippen molar-refractivity contribution in [2.24, 2.45) is 0 Å². The maximum Gasteiger partial charge on any atom is 0.327 e. The summed E-state index contributed by atoms with van der Waals surface area (Å²) in [6.45, 7) is 0.